The van der Waals surface area contributed by atoms with Gasteiger partial charge in [0.1, 0.15) is 0 Å². The van der Waals surface area contributed by atoms with Gasteiger partial charge in [0.15, 0.2) is 17.5 Å². The zero-order chi connectivity index (χ0) is 21.2. The summed E-state index contributed by atoms with van der Waals surface area (Å²) in [7, 11) is 3.17. The molecule has 6 nitrogen and oxygen atoms in total. The minimum atomic E-state index is -0.732. The van der Waals surface area contributed by atoms with Crippen molar-refractivity contribution in [3.05, 3.63) is 58.7 Å². The van der Waals surface area contributed by atoms with E-state index in [1.165, 1.54) is 16.7 Å². The number of nitrogens with zero attached hydrogens (tertiary/aromatic N) is 1. The highest BCUT2D eigenvalue weighted by molar-refractivity contribution is 5.79. The number of rotatable bonds is 9. The Kier molecular flexibility index (Phi) is 8.80. The lowest BCUT2D eigenvalue weighted by Crippen LogP contribution is -2.38. The van der Waals surface area contributed by atoms with E-state index in [1.54, 1.807) is 26.4 Å². The fraction of sp³-hybridized carbons (Fsp3) is 0.435. The molecule has 1 unspecified atom stereocenters. The standard InChI is InChI=1S/C23H33N3O3/c1-6-24-23(25-10-9-18-12-16(2)11-17(3)13-18)26-15-20(27)19-7-8-21(28-4)22(14-19)29-5/h7-8,11-14,20,27H,6,9-10,15H2,1-5H3,(H2,24,25,26). The van der Waals surface area contributed by atoms with Gasteiger partial charge in [-0.1, -0.05) is 35.4 Å². The minimum absolute atomic E-state index is 0.244. The van der Waals surface area contributed by atoms with Crippen LogP contribution in [-0.2, 0) is 6.42 Å². The molecule has 0 bridgehead atoms. The maximum atomic E-state index is 10.5. The van der Waals surface area contributed by atoms with Gasteiger partial charge in [-0.15, -0.1) is 0 Å². The van der Waals surface area contributed by atoms with E-state index in [2.05, 4.69) is 47.7 Å². The van der Waals surface area contributed by atoms with Gasteiger partial charge in [-0.2, -0.15) is 0 Å². The third kappa shape index (κ3) is 6.98. The summed E-state index contributed by atoms with van der Waals surface area (Å²) >= 11 is 0. The second-order valence-corrected chi connectivity index (χ2v) is 7.02. The first-order valence-corrected chi connectivity index (χ1v) is 9.96. The maximum Gasteiger partial charge on any atom is 0.191 e. The molecule has 29 heavy (non-hydrogen) atoms. The summed E-state index contributed by atoms with van der Waals surface area (Å²) in [6, 6.07) is 12.0. The molecule has 0 amide bonds. The third-order valence-corrected chi connectivity index (χ3v) is 4.55. The average Bonchev–Trinajstić information content (AvgIpc) is 2.70. The molecular formula is C23H33N3O3. The molecule has 0 aliphatic carbocycles. The minimum Gasteiger partial charge on any atom is -0.493 e. The van der Waals surface area contributed by atoms with E-state index in [-0.39, 0.29) is 6.54 Å². The van der Waals surface area contributed by atoms with Crippen molar-refractivity contribution in [2.45, 2.75) is 33.3 Å². The van der Waals surface area contributed by atoms with E-state index in [1.807, 2.05) is 13.0 Å². The van der Waals surface area contributed by atoms with E-state index in [0.29, 0.717) is 17.5 Å². The zero-order valence-electron chi connectivity index (χ0n) is 18.1. The topological polar surface area (TPSA) is 75.1 Å². The van der Waals surface area contributed by atoms with Crippen LogP contribution >= 0.6 is 0 Å². The van der Waals surface area contributed by atoms with Gasteiger partial charge >= 0.3 is 0 Å². The number of aliphatic hydroxyl groups excluding tert-OH is 1. The van der Waals surface area contributed by atoms with Gasteiger partial charge in [0.05, 0.1) is 26.9 Å². The van der Waals surface area contributed by atoms with E-state index in [4.69, 9.17) is 9.47 Å². The summed E-state index contributed by atoms with van der Waals surface area (Å²) in [6.45, 7) is 8.01. The molecular weight excluding hydrogens is 366 g/mol. The summed E-state index contributed by atoms with van der Waals surface area (Å²) in [4.78, 5) is 4.53. The fourth-order valence-corrected chi connectivity index (χ4v) is 3.22. The predicted molar refractivity (Wildman–Crippen MR) is 118 cm³/mol. The van der Waals surface area contributed by atoms with Gasteiger partial charge in [0.2, 0.25) is 0 Å². The molecule has 0 saturated heterocycles. The normalized spacial score (nSPS) is 12.4. The monoisotopic (exact) mass is 399 g/mol. The number of aliphatic hydroxyl groups is 1. The van der Waals surface area contributed by atoms with Crippen molar-refractivity contribution in [2.24, 2.45) is 4.99 Å². The summed E-state index contributed by atoms with van der Waals surface area (Å²) in [5.74, 6) is 1.91. The summed E-state index contributed by atoms with van der Waals surface area (Å²) in [5, 5.41) is 17.1. The Hall–Kier alpha value is -2.73. The molecule has 3 N–H and O–H groups in total. The van der Waals surface area contributed by atoms with Crippen LogP contribution in [0.4, 0.5) is 0 Å². The first-order valence-electron chi connectivity index (χ1n) is 9.96. The molecule has 0 saturated carbocycles. The molecule has 6 heteroatoms. The number of guanidine groups is 1. The Bertz CT molecular complexity index is 801. The van der Waals surface area contributed by atoms with Crippen LogP contribution in [0.2, 0.25) is 0 Å². The van der Waals surface area contributed by atoms with Gasteiger partial charge in [-0.25, -0.2) is 0 Å². The lowest BCUT2D eigenvalue weighted by Gasteiger charge is -2.15. The molecule has 2 rings (SSSR count). The Balaban J connectivity index is 1.97. The van der Waals surface area contributed by atoms with Crippen molar-refractivity contribution in [3.8, 4) is 11.5 Å². The quantitative estimate of drug-likeness (QED) is 0.446. The van der Waals surface area contributed by atoms with Crippen molar-refractivity contribution in [1.29, 1.82) is 0 Å². The van der Waals surface area contributed by atoms with Crippen LogP contribution in [0, 0.1) is 13.8 Å². The van der Waals surface area contributed by atoms with Crippen LogP contribution in [-0.4, -0.2) is 44.9 Å². The third-order valence-electron chi connectivity index (χ3n) is 4.55. The number of methoxy groups -OCH3 is 2. The smallest absolute Gasteiger partial charge is 0.191 e. The molecule has 2 aromatic rings. The molecule has 0 aliphatic rings. The van der Waals surface area contributed by atoms with Crippen LogP contribution in [0.1, 0.15) is 35.3 Å². The number of nitrogens with one attached hydrogen (secondary N) is 2. The Labute approximate surface area is 174 Å². The number of hydrogen-bond donors (Lipinski definition) is 3. The maximum absolute atomic E-state index is 10.5. The first-order chi connectivity index (χ1) is 14.0. The van der Waals surface area contributed by atoms with Crippen molar-refractivity contribution in [2.75, 3.05) is 33.9 Å². The van der Waals surface area contributed by atoms with Crippen LogP contribution in [0.3, 0.4) is 0 Å². The predicted octanol–water partition coefficient (Wildman–Crippen LogP) is 3.15. The SMILES string of the molecule is CCNC(=NCC(O)c1ccc(OC)c(OC)c1)NCCc1cc(C)cc(C)c1. The lowest BCUT2D eigenvalue weighted by atomic mass is 10.1. The zero-order valence-corrected chi connectivity index (χ0v) is 18.1. The van der Waals surface area contributed by atoms with E-state index in [0.717, 1.165) is 25.1 Å². The molecule has 0 aliphatic heterocycles. The number of aliphatic imine (C=N–C) groups is 1. The van der Waals surface area contributed by atoms with E-state index in [9.17, 15) is 5.11 Å². The highest BCUT2D eigenvalue weighted by atomic mass is 16.5. The molecule has 0 aromatic heterocycles. The average molecular weight is 400 g/mol. The van der Waals surface area contributed by atoms with Crippen LogP contribution in [0.25, 0.3) is 0 Å². The summed E-state index contributed by atoms with van der Waals surface area (Å²) < 4.78 is 10.5. The highest BCUT2D eigenvalue weighted by Gasteiger charge is 2.12. The Morgan fingerprint density at radius 2 is 1.69 bits per heavy atom. The van der Waals surface area contributed by atoms with Crippen molar-refractivity contribution >= 4 is 5.96 Å². The highest BCUT2D eigenvalue weighted by Crippen LogP contribution is 2.30. The summed E-state index contributed by atoms with van der Waals surface area (Å²) in [6.07, 6.45) is 0.176. The Morgan fingerprint density at radius 1 is 1.00 bits per heavy atom. The van der Waals surface area contributed by atoms with Crippen LogP contribution in [0.15, 0.2) is 41.4 Å². The molecule has 0 radical (unpaired) electrons. The second-order valence-electron chi connectivity index (χ2n) is 7.02. The molecule has 1 atom stereocenters. The molecule has 0 heterocycles. The molecule has 0 fully saturated rings. The fourth-order valence-electron chi connectivity index (χ4n) is 3.22. The van der Waals surface area contributed by atoms with Gasteiger partial charge in [0, 0.05) is 13.1 Å². The largest absolute Gasteiger partial charge is 0.493 e. The van der Waals surface area contributed by atoms with Gasteiger partial charge in [-0.05, 0) is 50.5 Å². The van der Waals surface area contributed by atoms with E-state index >= 15 is 0 Å². The second kappa shape index (κ2) is 11.3. The van der Waals surface area contributed by atoms with Gasteiger partial charge in [-0.3, -0.25) is 4.99 Å². The van der Waals surface area contributed by atoms with Crippen LogP contribution in [0.5, 0.6) is 11.5 Å². The Morgan fingerprint density at radius 3 is 2.31 bits per heavy atom. The van der Waals surface area contributed by atoms with Gasteiger partial charge < -0.3 is 25.2 Å². The number of ether oxygens (including phenoxy) is 2. The lowest BCUT2D eigenvalue weighted by molar-refractivity contribution is 0.186. The van der Waals surface area contributed by atoms with E-state index < -0.39 is 6.10 Å². The number of aryl methyl sites for hydroxylation is 2. The molecule has 2 aromatic carbocycles. The van der Waals surface area contributed by atoms with Crippen molar-refractivity contribution in [3.63, 3.8) is 0 Å². The first kappa shape index (κ1) is 22.6. The van der Waals surface area contributed by atoms with Crippen molar-refractivity contribution in [1.82, 2.24) is 10.6 Å². The number of benzene rings is 2. The van der Waals surface area contributed by atoms with Gasteiger partial charge in [0.25, 0.3) is 0 Å². The summed E-state index contributed by atoms with van der Waals surface area (Å²) in [5.41, 5.74) is 4.59. The molecule has 0 spiro atoms. The van der Waals surface area contributed by atoms with Crippen LogP contribution < -0.4 is 20.1 Å². The molecule has 158 valence electrons. The van der Waals surface area contributed by atoms with Crippen molar-refractivity contribution < 1.29 is 14.6 Å². The number of hydrogen-bond acceptors (Lipinski definition) is 4.